The summed E-state index contributed by atoms with van der Waals surface area (Å²) in [6, 6.07) is 12.7. The molecule has 3 heteroatoms. The number of hydrogen-bond acceptors (Lipinski definition) is 3. The van der Waals surface area contributed by atoms with Gasteiger partial charge in [-0.05, 0) is 18.4 Å². The monoisotopic (exact) mass is 257 g/mol. The average Bonchev–Trinajstić information content (AvgIpc) is 3.00. The van der Waals surface area contributed by atoms with Crippen LogP contribution in [0.3, 0.4) is 0 Å². The summed E-state index contributed by atoms with van der Waals surface area (Å²) in [5, 5.41) is 3.19. The molecule has 0 N–H and O–H groups in total. The molecule has 0 aliphatic carbocycles. The quantitative estimate of drug-likeness (QED) is 0.639. The van der Waals surface area contributed by atoms with Crippen LogP contribution in [0.4, 0.5) is 0 Å². The van der Waals surface area contributed by atoms with E-state index in [0.29, 0.717) is 0 Å². The van der Waals surface area contributed by atoms with Gasteiger partial charge in [0.05, 0.1) is 4.88 Å². The summed E-state index contributed by atoms with van der Waals surface area (Å²) in [4.78, 5) is 7.04. The Kier molecular flexibility index (Phi) is 2.79. The molecule has 0 unspecified atom stereocenters. The molecule has 17 heavy (non-hydrogen) atoms. The van der Waals surface area contributed by atoms with Crippen LogP contribution in [0.2, 0.25) is 0 Å². The van der Waals surface area contributed by atoms with E-state index in [4.69, 9.17) is 0 Å². The second-order valence-electron chi connectivity index (χ2n) is 3.87. The highest BCUT2D eigenvalue weighted by atomic mass is 32.1. The molecule has 0 fully saturated rings. The van der Waals surface area contributed by atoms with E-state index in [2.05, 4.69) is 53.7 Å². The number of aryl methyl sites for hydroxylation is 1. The van der Waals surface area contributed by atoms with E-state index in [9.17, 15) is 0 Å². The summed E-state index contributed by atoms with van der Waals surface area (Å²) in [5.41, 5.74) is 2.48. The highest BCUT2D eigenvalue weighted by Gasteiger charge is 2.06. The average molecular weight is 257 g/mol. The van der Waals surface area contributed by atoms with Crippen molar-refractivity contribution < 1.29 is 0 Å². The van der Waals surface area contributed by atoms with Gasteiger partial charge in [-0.2, -0.15) is 0 Å². The normalized spacial score (nSPS) is 10.6. The Balaban J connectivity index is 1.98. The molecule has 2 heterocycles. The standard InChI is InChI=1S/C14H11NS2/c1-10-4-6-11(7-5-10)14-15-9-13(17-14)12-3-2-8-16-12/h2-9H,1H3. The molecule has 0 atom stereocenters. The maximum absolute atomic E-state index is 4.50. The maximum Gasteiger partial charge on any atom is 0.123 e. The molecule has 0 bridgehead atoms. The third-order valence-electron chi connectivity index (χ3n) is 2.57. The van der Waals surface area contributed by atoms with E-state index >= 15 is 0 Å². The van der Waals surface area contributed by atoms with Crippen molar-refractivity contribution >= 4 is 22.7 Å². The fraction of sp³-hybridized carbons (Fsp3) is 0.0714. The van der Waals surface area contributed by atoms with Crippen molar-refractivity contribution in [3.63, 3.8) is 0 Å². The predicted molar refractivity (Wildman–Crippen MR) is 75.6 cm³/mol. The van der Waals surface area contributed by atoms with Gasteiger partial charge in [0.2, 0.25) is 0 Å². The number of nitrogens with zero attached hydrogens (tertiary/aromatic N) is 1. The largest absolute Gasteiger partial charge is 0.244 e. The lowest BCUT2D eigenvalue weighted by Gasteiger charge is -1.96. The predicted octanol–water partition coefficient (Wildman–Crippen LogP) is 4.85. The molecule has 3 aromatic rings. The van der Waals surface area contributed by atoms with Gasteiger partial charge in [0.25, 0.3) is 0 Å². The summed E-state index contributed by atoms with van der Waals surface area (Å²) >= 11 is 3.51. The van der Waals surface area contributed by atoms with E-state index in [1.54, 1.807) is 22.7 Å². The van der Waals surface area contributed by atoms with Crippen molar-refractivity contribution in [1.82, 2.24) is 4.98 Å². The minimum absolute atomic E-state index is 1.09. The van der Waals surface area contributed by atoms with Gasteiger partial charge in [-0.1, -0.05) is 35.9 Å². The Labute approximate surface area is 108 Å². The molecule has 0 aliphatic rings. The lowest BCUT2D eigenvalue weighted by molar-refractivity contribution is 1.40. The summed E-state index contributed by atoms with van der Waals surface area (Å²) in [7, 11) is 0. The van der Waals surface area contributed by atoms with E-state index in [-0.39, 0.29) is 0 Å². The van der Waals surface area contributed by atoms with Crippen LogP contribution in [0, 0.1) is 6.92 Å². The first kappa shape index (κ1) is 10.7. The highest BCUT2D eigenvalue weighted by Crippen LogP contribution is 2.34. The van der Waals surface area contributed by atoms with Crippen LogP contribution in [0.5, 0.6) is 0 Å². The second kappa shape index (κ2) is 4.43. The third kappa shape index (κ3) is 2.16. The molecule has 0 amide bonds. The van der Waals surface area contributed by atoms with Gasteiger partial charge in [-0.15, -0.1) is 22.7 Å². The Morgan fingerprint density at radius 1 is 1.00 bits per heavy atom. The number of thiazole rings is 1. The molecule has 1 aromatic carbocycles. The number of aromatic nitrogens is 1. The van der Waals surface area contributed by atoms with Gasteiger partial charge in [0, 0.05) is 16.6 Å². The Morgan fingerprint density at radius 3 is 2.53 bits per heavy atom. The van der Waals surface area contributed by atoms with E-state index in [0.717, 1.165) is 5.01 Å². The summed E-state index contributed by atoms with van der Waals surface area (Å²) in [6.45, 7) is 2.10. The topological polar surface area (TPSA) is 12.9 Å². The van der Waals surface area contributed by atoms with Crippen LogP contribution in [-0.2, 0) is 0 Å². The van der Waals surface area contributed by atoms with E-state index in [1.807, 2.05) is 6.20 Å². The number of benzene rings is 1. The maximum atomic E-state index is 4.50. The molecule has 3 rings (SSSR count). The first-order valence-corrected chi connectivity index (χ1v) is 7.09. The fourth-order valence-electron chi connectivity index (χ4n) is 1.64. The molecule has 0 saturated carbocycles. The van der Waals surface area contributed by atoms with E-state index < -0.39 is 0 Å². The summed E-state index contributed by atoms with van der Waals surface area (Å²) < 4.78 is 0. The summed E-state index contributed by atoms with van der Waals surface area (Å²) in [6.07, 6.45) is 1.96. The molecular formula is C14H11NS2. The minimum atomic E-state index is 1.09. The van der Waals surface area contributed by atoms with Gasteiger partial charge in [-0.25, -0.2) is 4.98 Å². The van der Waals surface area contributed by atoms with Crippen molar-refractivity contribution in [3.8, 4) is 20.3 Å². The van der Waals surface area contributed by atoms with Crippen molar-refractivity contribution in [1.29, 1.82) is 0 Å². The van der Waals surface area contributed by atoms with Gasteiger partial charge < -0.3 is 0 Å². The second-order valence-corrected chi connectivity index (χ2v) is 5.85. The molecule has 2 aromatic heterocycles. The van der Waals surface area contributed by atoms with Crippen molar-refractivity contribution in [2.24, 2.45) is 0 Å². The molecule has 84 valence electrons. The van der Waals surface area contributed by atoms with Crippen LogP contribution in [0.15, 0.2) is 48.0 Å². The molecule has 0 aliphatic heterocycles. The van der Waals surface area contributed by atoms with E-state index in [1.165, 1.54) is 20.9 Å². The zero-order chi connectivity index (χ0) is 11.7. The molecule has 0 spiro atoms. The molecular weight excluding hydrogens is 246 g/mol. The SMILES string of the molecule is Cc1ccc(-c2ncc(-c3cccs3)s2)cc1. The fourth-order valence-corrected chi connectivity index (χ4v) is 3.38. The third-order valence-corrected chi connectivity index (χ3v) is 4.68. The van der Waals surface area contributed by atoms with Crippen molar-refractivity contribution in [3.05, 3.63) is 53.5 Å². The Morgan fingerprint density at radius 2 is 1.82 bits per heavy atom. The van der Waals surface area contributed by atoms with Crippen LogP contribution < -0.4 is 0 Å². The first-order chi connectivity index (χ1) is 8.33. The number of rotatable bonds is 2. The Hall–Kier alpha value is -1.45. The zero-order valence-electron chi connectivity index (χ0n) is 9.38. The minimum Gasteiger partial charge on any atom is -0.244 e. The molecule has 0 saturated heterocycles. The molecule has 0 radical (unpaired) electrons. The number of hydrogen-bond donors (Lipinski definition) is 0. The first-order valence-electron chi connectivity index (χ1n) is 5.40. The van der Waals surface area contributed by atoms with Gasteiger partial charge in [0.1, 0.15) is 5.01 Å². The lowest BCUT2D eigenvalue weighted by Crippen LogP contribution is -1.75. The lowest BCUT2D eigenvalue weighted by atomic mass is 10.2. The zero-order valence-corrected chi connectivity index (χ0v) is 11.0. The van der Waals surface area contributed by atoms with Gasteiger partial charge >= 0.3 is 0 Å². The number of thiophene rings is 1. The summed E-state index contributed by atoms with van der Waals surface area (Å²) in [5.74, 6) is 0. The van der Waals surface area contributed by atoms with Gasteiger partial charge in [-0.3, -0.25) is 0 Å². The van der Waals surface area contributed by atoms with Crippen LogP contribution >= 0.6 is 22.7 Å². The van der Waals surface area contributed by atoms with Gasteiger partial charge in [0.15, 0.2) is 0 Å². The smallest absolute Gasteiger partial charge is 0.123 e. The van der Waals surface area contributed by atoms with Crippen LogP contribution in [0.25, 0.3) is 20.3 Å². The van der Waals surface area contributed by atoms with Crippen molar-refractivity contribution in [2.75, 3.05) is 0 Å². The Bertz CT molecular complexity index is 606. The van der Waals surface area contributed by atoms with Crippen LogP contribution in [0.1, 0.15) is 5.56 Å². The van der Waals surface area contributed by atoms with Crippen molar-refractivity contribution in [2.45, 2.75) is 6.92 Å². The van der Waals surface area contributed by atoms with Crippen LogP contribution in [-0.4, -0.2) is 4.98 Å². The highest BCUT2D eigenvalue weighted by molar-refractivity contribution is 7.22. The molecule has 1 nitrogen and oxygen atoms in total.